The highest BCUT2D eigenvalue weighted by Crippen LogP contribution is 2.35. The molecule has 3 heterocycles. The van der Waals surface area contributed by atoms with Crippen LogP contribution in [0.4, 0.5) is 10.6 Å². The molecule has 2 amide bonds. The third-order valence-electron chi connectivity index (χ3n) is 6.61. The number of likely N-dealkylation sites (tertiary alicyclic amines) is 1. The number of hydrogen-bond acceptors (Lipinski definition) is 6. The van der Waals surface area contributed by atoms with E-state index in [0.29, 0.717) is 38.0 Å². The number of benzene rings is 1. The normalized spacial score (nSPS) is 14.4. The van der Waals surface area contributed by atoms with Gasteiger partial charge in [0.2, 0.25) is 0 Å². The van der Waals surface area contributed by atoms with Gasteiger partial charge >= 0.3 is 6.09 Å². The molecule has 0 spiro atoms. The number of nitrogens with two attached hydrogens (primary N) is 1. The van der Waals surface area contributed by atoms with Crippen LogP contribution in [0.1, 0.15) is 61.3 Å². The number of nitrogens with zero attached hydrogens (tertiary/aromatic N) is 4. The number of anilines is 1. The predicted molar refractivity (Wildman–Crippen MR) is 141 cm³/mol. The molecular formula is C27H34N6O4. The van der Waals surface area contributed by atoms with Crippen LogP contribution in [-0.2, 0) is 12.0 Å². The van der Waals surface area contributed by atoms with Gasteiger partial charge in [-0.3, -0.25) is 9.48 Å². The molecule has 1 aromatic carbocycles. The van der Waals surface area contributed by atoms with E-state index in [4.69, 9.17) is 15.6 Å². The van der Waals surface area contributed by atoms with Gasteiger partial charge in [0.05, 0.1) is 24.4 Å². The minimum Gasteiger partial charge on any atom is -0.497 e. The maximum Gasteiger partial charge on any atom is 0.407 e. The Kier molecular flexibility index (Phi) is 7.37. The lowest BCUT2D eigenvalue weighted by molar-refractivity contribution is 0.0951. The van der Waals surface area contributed by atoms with Gasteiger partial charge in [0.25, 0.3) is 5.91 Å². The first kappa shape index (κ1) is 26.0. The van der Waals surface area contributed by atoms with E-state index >= 15 is 0 Å². The lowest BCUT2D eigenvalue weighted by Gasteiger charge is -2.30. The fraction of sp³-hybridized carbons (Fsp3) is 0.407. The number of piperidine rings is 1. The molecule has 0 unspecified atom stereocenters. The number of nitrogen functional groups attached to an aromatic ring is 1. The second-order valence-corrected chi connectivity index (χ2v) is 10.3. The Morgan fingerprint density at radius 1 is 1.22 bits per heavy atom. The Labute approximate surface area is 216 Å². The zero-order valence-corrected chi connectivity index (χ0v) is 21.7. The number of carbonyl (C=O) groups is 2. The van der Waals surface area contributed by atoms with Gasteiger partial charge in [0, 0.05) is 48.6 Å². The highest BCUT2D eigenvalue weighted by Gasteiger charge is 2.29. The van der Waals surface area contributed by atoms with Crippen LogP contribution in [0, 0.1) is 0 Å². The van der Waals surface area contributed by atoms with E-state index in [0.717, 1.165) is 28.1 Å². The molecule has 2 aromatic heterocycles. The largest absolute Gasteiger partial charge is 0.497 e. The fourth-order valence-electron chi connectivity index (χ4n) is 4.53. The molecule has 1 aliphatic rings. The molecule has 0 atom stereocenters. The molecule has 3 aromatic rings. The van der Waals surface area contributed by atoms with Crippen molar-refractivity contribution in [1.82, 2.24) is 25.0 Å². The smallest absolute Gasteiger partial charge is 0.407 e. The molecule has 4 N–H and O–H groups in total. The average Bonchev–Trinajstić information content (AvgIpc) is 3.34. The van der Waals surface area contributed by atoms with Gasteiger partial charge < -0.3 is 25.8 Å². The topological polar surface area (TPSA) is 136 Å². The maximum atomic E-state index is 13.1. The van der Waals surface area contributed by atoms with Crippen LogP contribution in [0.25, 0.3) is 11.1 Å². The number of nitrogens with one attached hydrogen (secondary N) is 1. The molecule has 0 radical (unpaired) electrons. The van der Waals surface area contributed by atoms with Crippen molar-refractivity contribution in [2.75, 3.05) is 25.9 Å². The summed E-state index contributed by atoms with van der Waals surface area (Å²) in [5, 5.41) is 17.1. The Morgan fingerprint density at radius 3 is 2.59 bits per heavy atom. The van der Waals surface area contributed by atoms with Crippen molar-refractivity contribution in [3.8, 4) is 16.9 Å². The summed E-state index contributed by atoms with van der Waals surface area (Å²) in [5.41, 5.74) is 9.54. The van der Waals surface area contributed by atoms with Crippen LogP contribution in [-0.4, -0.2) is 57.0 Å². The Bertz CT molecular complexity index is 1290. The first-order chi connectivity index (χ1) is 17.6. The van der Waals surface area contributed by atoms with Crippen LogP contribution in [0.2, 0.25) is 0 Å². The number of carbonyl (C=O) groups excluding carboxylic acids is 1. The van der Waals surface area contributed by atoms with Crippen molar-refractivity contribution in [3.05, 3.63) is 59.5 Å². The minimum atomic E-state index is -0.889. The summed E-state index contributed by atoms with van der Waals surface area (Å²) in [4.78, 5) is 30.1. The molecule has 10 heteroatoms. The minimum absolute atomic E-state index is 0.0952. The molecule has 37 heavy (non-hydrogen) atoms. The van der Waals surface area contributed by atoms with Gasteiger partial charge in [0.15, 0.2) is 0 Å². The molecule has 4 rings (SSSR count). The van der Waals surface area contributed by atoms with Crippen LogP contribution in [0.15, 0.2) is 42.7 Å². The number of carboxylic acid groups (broad SMARTS) is 1. The number of hydrogen-bond donors (Lipinski definition) is 3. The maximum absolute atomic E-state index is 13.1. The van der Waals surface area contributed by atoms with Crippen LogP contribution in [0.5, 0.6) is 5.75 Å². The van der Waals surface area contributed by atoms with Crippen LogP contribution in [0.3, 0.4) is 0 Å². The number of ether oxygens (including phenoxy) is 1. The third-order valence-corrected chi connectivity index (χ3v) is 6.61. The molecular weight excluding hydrogens is 472 g/mol. The SMILES string of the molecule is COc1cccc(CNC(=O)c2cc(-c3cn(C4CCN(C(=O)O)CC4)nc3C(C)(C)C)cnc2N)c1. The predicted octanol–water partition coefficient (Wildman–Crippen LogP) is 4.08. The standard InChI is InChI=1S/C27H34N6O4/c1-27(2,3)23-22(16-33(31-23)19-8-10-32(11-9-19)26(35)36)18-13-21(24(28)29-15-18)25(34)30-14-17-6-5-7-20(12-17)37-4/h5-7,12-13,15-16,19H,8-11,14H2,1-4H3,(H2,28,29)(H,30,34)(H,35,36). The zero-order valence-electron chi connectivity index (χ0n) is 21.7. The summed E-state index contributed by atoms with van der Waals surface area (Å²) >= 11 is 0. The lowest BCUT2D eigenvalue weighted by atomic mass is 9.87. The molecule has 0 saturated carbocycles. The summed E-state index contributed by atoms with van der Waals surface area (Å²) in [7, 11) is 1.60. The Hall–Kier alpha value is -4.08. The van der Waals surface area contributed by atoms with E-state index in [-0.39, 0.29) is 23.2 Å². The summed E-state index contributed by atoms with van der Waals surface area (Å²) in [5.74, 6) is 0.549. The Morgan fingerprint density at radius 2 is 1.95 bits per heavy atom. The molecule has 196 valence electrons. The molecule has 1 saturated heterocycles. The summed E-state index contributed by atoms with van der Waals surface area (Å²) < 4.78 is 7.19. The second-order valence-electron chi connectivity index (χ2n) is 10.3. The van der Waals surface area contributed by atoms with E-state index in [1.165, 1.54) is 4.90 Å². The monoisotopic (exact) mass is 506 g/mol. The number of aromatic nitrogens is 3. The van der Waals surface area contributed by atoms with E-state index in [1.54, 1.807) is 19.4 Å². The van der Waals surface area contributed by atoms with E-state index < -0.39 is 6.09 Å². The van der Waals surface area contributed by atoms with Crippen molar-refractivity contribution in [1.29, 1.82) is 0 Å². The van der Waals surface area contributed by atoms with E-state index in [9.17, 15) is 14.7 Å². The van der Waals surface area contributed by atoms with Crippen molar-refractivity contribution in [3.63, 3.8) is 0 Å². The van der Waals surface area contributed by atoms with Gasteiger partial charge in [-0.15, -0.1) is 0 Å². The lowest BCUT2D eigenvalue weighted by Crippen LogP contribution is -2.38. The van der Waals surface area contributed by atoms with Crippen molar-refractivity contribution < 1.29 is 19.4 Å². The van der Waals surface area contributed by atoms with Crippen LogP contribution >= 0.6 is 0 Å². The van der Waals surface area contributed by atoms with Gasteiger partial charge in [0.1, 0.15) is 11.6 Å². The van der Waals surface area contributed by atoms with Crippen LogP contribution < -0.4 is 15.8 Å². The average molecular weight is 507 g/mol. The van der Waals surface area contributed by atoms with Gasteiger partial charge in [-0.25, -0.2) is 9.78 Å². The summed E-state index contributed by atoms with van der Waals surface area (Å²) in [6.07, 6.45) is 4.13. The molecule has 1 aliphatic heterocycles. The molecule has 1 fully saturated rings. The number of methoxy groups -OCH3 is 1. The first-order valence-corrected chi connectivity index (χ1v) is 12.3. The molecule has 10 nitrogen and oxygen atoms in total. The number of pyridine rings is 1. The van der Waals surface area contributed by atoms with E-state index in [2.05, 4.69) is 31.1 Å². The molecule has 0 bridgehead atoms. The van der Waals surface area contributed by atoms with Gasteiger partial charge in [-0.2, -0.15) is 5.10 Å². The Balaban J connectivity index is 1.59. The van der Waals surface area contributed by atoms with Crippen molar-refractivity contribution in [2.24, 2.45) is 0 Å². The second kappa shape index (κ2) is 10.5. The van der Waals surface area contributed by atoms with E-state index in [1.807, 2.05) is 35.1 Å². The van der Waals surface area contributed by atoms with Crippen molar-refractivity contribution in [2.45, 2.75) is 51.6 Å². The van der Waals surface area contributed by atoms with Crippen molar-refractivity contribution >= 4 is 17.8 Å². The zero-order chi connectivity index (χ0) is 26.7. The number of rotatable bonds is 6. The fourth-order valence-corrected chi connectivity index (χ4v) is 4.53. The molecule has 0 aliphatic carbocycles. The quantitative estimate of drug-likeness (QED) is 0.458. The summed E-state index contributed by atoms with van der Waals surface area (Å²) in [6.45, 7) is 7.52. The highest BCUT2D eigenvalue weighted by atomic mass is 16.5. The first-order valence-electron chi connectivity index (χ1n) is 12.3. The number of amides is 2. The highest BCUT2D eigenvalue weighted by molar-refractivity contribution is 5.99. The third kappa shape index (κ3) is 5.84. The van der Waals surface area contributed by atoms with Gasteiger partial charge in [-0.05, 0) is 36.6 Å². The summed E-state index contributed by atoms with van der Waals surface area (Å²) in [6, 6.07) is 9.34. The van der Waals surface area contributed by atoms with Gasteiger partial charge in [-0.1, -0.05) is 32.9 Å².